The zero-order chi connectivity index (χ0) is 25.1. The number of ether oxygens (including phenoxy) is 3. The van der Waals surface area contributed by atoms with Gasteiger partial charge in [-0.15, -0.1) is 0 Å². The van der Waals surface area contributed by atoms with E-state index in [4.69, 9.17) is 14.2 Å². The molecule has 1 saturated heterocycles. The number of likely N-dealkylation sites (tertiary alicyclic amines) is 1. The number of aromatic amines is 1. The Morgan fingerprint density at radius 3 is 2.97 bits per heavy atom. The van der Waals surface area contributed by atoms with Gasteiger partial charge < -0.3 is 24.3 Å². The van der Waals surface area contributed by atoms with Crippen molar-refractivity contribution in [2.75, 3.05) is 26.9 Å². The zero-order valence-electron chi connectivity index (χ0n) is 21.0. The van der Waals surface area contributed by atoms with Crippen molar-refractivity contribution in [3.63, 3.8) is 0 Å². The molecular formula is C29H34N2O5. The SMILES string of the molecule is COc1cc(C)c2[nH]ccc2c1CN1CC[C@H]2C[C@H]1c1ccc(C(=O)O)cc1OCCC/C=C\CO2. The van der Waals surface area contributed by atoms with E-state index in [1.807, 2.05) is 12.3 Å². The van der Waals surface area contributed by atoms with Crippen LogP contribution in [0.3, 0.4) is 0 Å². The van der Waals surface area contributed by atoms with Gasteiger partial charge in [-0.3, -0.25) is 4.90 Å². The van der Waals surface area contributed by atoms with Gasteiger partial charge in [0.25, 0.3) is 0 Å². The van der Waals surface area contributed by atoms with E-state index in [1.165, 1.54) is 0 Å². The maximum absolute atomic E-state index is 11.7. The van der Waals surface area contributed by atoms with Crippen molar-refractivity contribution < 1.29 is 24.1 Å². The summed E-state index contributed by atoms with van der Waals surface area (Å²) in [5.41, 5.74) is 4.67. The lowest BCUT2D eigenvalue weighted by Crippen LogP contribution is -2.39. The van der Waals surface area contributed by atoms with Crippen LogP contribution < -0.4 is 9.47 Å². The van der Waals surface area contributed by atoms with Gasteiger partial charge in [-0.2, -0.15) is 0 Å². The Balaban J connectivity index is 1.55. The highest BCUT2D eigenvalue weighted by molar-refractivity contribution is 5.89. The second kappa shape index (κ2) is 10.8. The number of H-pyrrole nitrogens is 1. The molecule has 7 nitrogen and oxygen atoms in total. The Morgan fingerprint density at radius 1 is 1.25 bits per heavy atom. The number of piperidine rings is 1. The van der Waals surface area contributed by atoms with E-state index in [1.54, 1.807) is 19.2 Å². The number of rotatable bonds is 4. The summed E-state index contributed by atoms with van der Waals surface area (Å²) < 4.78 is 18.3. The van der Waals surface area contributed by atoms with E-state index in [2.05, 4.69) is 41.1 Å². The first-order chi connectivity index (χ1) is 17.5. The molecule has 190 valence electrons. The minimum atomic E-state index is -0.951. The summed E-state index contributed by atoms with van der Waals surface area (Å²) in [5.74, 6) is 0.579. The molecule has 2 aliphatic rings. The predicted molar refractivity (Wildman–Crippen MR) is 139 cm³/mol. The molecule has 36 heavy (non-hydrogen) atoms. The number of aryl methyl sites for hydroxylation is 1. The number of nitrogens with one attached hydrogen (secondary N) is 1. The number of fused-ring (bicyclic) bond motifs is 5. The van der Waals surface area contributed by atoms with Crippen LogP contribution in [-0.4, -0.2) is 53.9 Å². The van der Waals surface area contributed by atoms with Crippen LogP contribution in [0.4, 0.5) is 0 Å². The van der Waals surface area contributed by atoms with Crippen LogP contribution in [0.2, 0.25) is 0 Å². The number of aromatic carboxylic acids is 1. The van der Waals surface area contributed by atoms with E-state index in [0.717, 1.165) is 65.6 Å². The molecule has 0 spiro atoms. The third-order valence-corrected chi connectivity index (χ3v) is 7.34. The van der Waals surface area contributed by atoms with E-state index in [9.17, 15) is 9.90 Å². The Bertz CT molecular complexity index is 1260. The maximum Gasteiger partial charge on any atom is 0.335 e. The molecule has 1 fully saturated rings. The van der Waals surface area contributed by atoms with Crippen molar-refractivity contribution >= 4 is 16.9 Å². The topological polar surface area (TPSA) is 84.0 Å². The summed E-state index contributed by atoms with van der Waals surface area (Å²) >= 11 is 0. The standard InChI is InChI=1S/C29H34N2O5/c1-19-15-26(34-2)24(22-9-11-30-28(19)22)18-31-12-10-21-17-25(31)23-8-7-20(29(32)33)16-27(23)36-14-6-4-3-5-13-35-21/h3,5,7-9,11,15-16,21,25,30H,4,6,10,12-14,17-18H2,1-2H3,(H,32,33)/b5-3-/t21-,25-/m0/s1. The minimum Gasteiger partial charge on any atom is -0.496 e. The Kier molecular flexibility index (Phi) is 7.30. The number of carboxylic acid groups (broad SMARTS) is 1. The fraction of sp³-hybridized carbons (Fsp3) is 0.414. The van der Waals surface area contributed by atoms with Gasteiger partial charge in [-0.1, -0.05) is 18.2 Å². The molecule has 2 aromatic carbocycles. The lowest BCUT2D eigenvalue weighted by Gasteiger charge is -2.40. The Morgan fingerprint density at radius 2 is 2.14 bits per heavy atom. The second-order valence-electron chi connectivity index (χ2n) is 9.63. The van der Waals surface area contributed by atoms with Crippen LogP contribution in [0.25, 0.3) is 10.9 Å². The summed E-state index contributed by atoms with van der Waals surface area (Å²) in [4.78, 5) is 17.5. The average molecular weight is 491 g/mol. The van der Waals surface area contributed by atoms with Gasteiger partial charge in [-0.05, 0) is 62.4 Å². The van der Waals surface area contributed by atoms with E-state index < -0.39 is 5.97 Å². The molecule has 7 heteroatoms. The molecule has 5 rings (SSSR count). The Labute approximate surface area is 211 Å². The zero-order valence-corrected chi connectivity index (χ0v) is 21.0. The molecule has 0 saturated carbocycles. The summed E-state index contributed by atoms with van der Waals surface area (Å²) in [6, 6.07) is 9.51. The highest BCUT2D eigenvalue weighted by atomic mass is 16.5. The van der Waals surface area contributed by atoms with Crippen molar-refractivity contribution in [3.8, 4) is 11.5 Å². The van der Waals surface area contributed by atoms with Gasteiger partial charge in [0.05, 0.1) is 32.0 Å². The maximum atomic E-state index is 11.7. The lowest BCUT2D eigenvalue weighted by molar-refractivity contribution is -0.00831. The molecule has 0 amide bonds. The van der Waals surface area contributed by atoms with Gasteiger partial charge in [0.2, 0.25) is 0 Å². The van der Waals surface area contributed by atoms with Crippen LogP contribution in [0.15, 0.2) is 48.7 Å². The van der Waals surface area contributed by atoms with Crippen LogP contribution >= 0.6 is 0 Å². The Hall–Kier alpha value is -3.29. The van der Waals surface area contributed by atoms with E-state index >= 15 is 0 Å². The van der Waals surface area contributed by atoms with Gasteiger partial charge in [0, 0.05) is 47.4 Å². The monoisotopic (exact) mass is 490 g/mol. The number of carboxylic acids is 1. The molecule has 2 aliphatic heterocycles. The number of hydrogen-bond donors (Lipinski definition) is 2. The summed E-state index contributed by atoms with van der Waals surface area (Å²) in [5, 5.41) is 10.8. The fourth-order valence-electron chi connectivity index (χ4n) is 5.46. The number of nitrogens with zero attached hydrogens (tertiary/aromatic N) is 1. The second-order valence-corrected chi connectivity index (χ2v) is 9.63. The van der Waals surface area contributed by atoms with E-state index in [-0.39, 0.29) is 17.7 Å². The van der Waals surface area contributed by atoms with Crippen molar-refractivity contribution in [2.45, 2.75) is 51.3 Å². The normalized spacial score (nSPS) is 21.9. The molecule has 1 aromatic heterocycles. The van der Waals surface area contributed by atoms with Gasteiger partial charge in [0.1, 0.15) is 11.5 Å². The fourth-order valence-corrected chi connectivity index (χ4v) is 5.46. The number of hydrogen-bond acceptors (Lipinski definition) is 5. The smallest absolute Gasteiger partial charge is 0.335 e. The van der Waals surface area contributed by atoms with Crippen molar-refractivity contribution in [2.24, 2.45) is 0 Å². The van der Waals surface area contributed by atoms with Gasteiger partial charge in [-0.25, -0.2) is 4.79 Å². The molecule has 3 heterocycles. The quantitative estimate of drug-likeness (QED) is 0.461. The number of allylic oxidation sites excluding steroid dienone is 1. The van der Waals surface area contributed by atoms with Crippen molar-refractivity contribution in [1.82, 2.24) is 9.88 Å². The molecule has 3 aromatic rings. The van der Waals surface area contributed by atoms with Crippen molar-refractivity contribution in [1.29, 1.82) is 0 Å². The van der Waals surface area contributed by atoms with Crippen LogP contribution in [0.5, 0.6) is 11.5 Å². The summed E-state index contributed by atoms with van der Waals surface area (Å²) in [6.45, 7) is 4.79. The van der Waals surface area contributed by atoms with Gasteiger partial charge in [0.15, 0.2) is 0 Å². The minimum absolute atomic E-state index is 0.0197. The number of carbonyl (C=O) groups is 1. The molecular weight excluding hydrogens is 456 g/mol. The van der Waals surface area contributed by atoms with Gasteiger partial charge >= 0.3 is 5.97 Å². The van der Waals surface area contributed by atoms with Crippen LogP contribution in [-0.2, 0) is 11.3 Å². The van der Waals surface area contributed by atoms with E-state index in [0.29, 0.717) is 25.5 Å². The molecule has 0 radical (unpaired) electrons. The summed E-state index contributed by atoms with van der Waals surface area (Å²) in [7, 11) is 1.72. The summed E-state index contributed by atoms with van der Waals surface area (Å²) in [6.07, 6.45) is 9.82. The molecule has 2 atom stereocenters. The predicted octanol–water partition coefficient (Wildman–Crippen LogP) is 5.63. The molecule has 2 bridgehead atoms. The lowest BCUT2D eigenvalue weighted by atomic mass is 9.91. The average Bonchev–Trinajstić information content (AvgIpc) is 3.38. The first-order valence-corrected chi connectivity index (χ1v) is 12.7. The largest absolute Gasteiger partial charge is 0.496 e. The molecule has 2 N–H and O–H groups in total. The number of methoxy groups -OCH3 is 1. The number of benzene rings is 2. The first-order valence-electron chi connectivity index (χ1n) is 12.7. The highest BCUT2D eigenvalue weighted by Crippen LogP contribution is 2.41. The first kappa shape index (κ1) is 24.4. The highest BCUT2D eigenvalue weighted by Gasteiger charge is 2.33. The third-order valence-electron chi connectivity index (χ3n) is 7.34. The molecule has 0 unspecified atom stereocenters. The van der Waals surface area contributed by atoms with Crippen molar-refractivity contribution in [3.05, 3.63) is 70.9 Å². The van der Waals surface area contributed by atoms with Crippen LogP contribution in [0, 0.1) is 6.92 Å². The van der Waals surface area contributed by atoms with Crippen LogP contribution in [0.1, 0.15) is 58.8 Å². The number of aromatic nitrogens is 1. The molecule has 0 aliphatic carbocycles. The third kappa shape index (κ3) is 4.99.